The molecule has 0 amide bonds. The number of hydrogen-bond acceptors (Lipinski definition) is 3. The fraction of sp³-hybridized carbons (Fsp3) is 0.588. The van der Waals surface area contributed by atoms with Crippen molar-refractivity contribution in [1.29, 1.82) is 0 Å². The number of nitrogens with zero attached hydrogens (tertiary/aromatic N) is 2. The molecule has 114 valence electrons. The molecular weight excluding hydrogens is 280 g/mol. The molecule has 4 heteroatoms. The molecule has 0 atom stereocenters. The number of rotatable bonds is 4. The molecule has 1 fully saturated rings. The van der Waals surface area contributed by atoms with Crippen molar-refractivity contribution in [2.45, 2.75) is 46.1 Å². The highest BCUT2D eigenvalue weighted by molar-refractivity contribution is 7.13. The summed E-state index contributed by atoms with van der Waals surface area (Å²) in [5.41, 5.74) is 2.55. The topological polar surface area (TPSA) is 25.2 Å². The van der Waals surface area contributed by atoms with E-state index in [2.05, 4.69) is 24.0 Å². The zero-order valence-electron chi connectivity index (χ0n) is 13.0. The summed E-state index contributed by atoms with van der Waals surface area (Å²) in [6.07, 6.45) is 5.12. The smallest absolute Gasteiger partial charge is 0.268 e. The number of likely N-dealkylation sites (tertiary alicyclic amines) is 1. The van der Waals surface area contributed by atoms with Gasteiger partial charge in [0.25, 0.3) is 5.56 Å². The van der Waals surface area contributed by atoms with Crippen LogP contribution in [0.4, 0.5) is 0 Å². The first kappa shape index (κ1) is 14.8. The van der Waals surface area contributed by atoms with E-state index in [0.29, 0.717) is 0 Å². The van der Waals surface area contributed by atoms with Crippen LogP contribution in [0, 0.1) is 13.8 Å². The quantitative estimate of drug-likeness (QED) is 0.863. The minimum atomic E-state index is 0.200. The first-order chi connectivity index (χ1) is 10.1. The van der Waals surface area contributed by atoms with Crippen LogP contribution < -0.4 is 5.56 Å². The van der Waals surface area contributed by atoms with Gasteiger partial charge in [-0.1, -0.05) is 24.0 Å². The molecule has 3 nitrogen and oxygen atoms in total. The van der Waals surface area contributed by atoms with E-state index in [1.54, 1.807) is 11.5 Å². The molecule has 1 aliphatic heterocycles. The Bertz CT molecular complexity index is 680. The maximum absolute atomic E-state index is 12.5. The minimum absolute atomic E-state index is 0.200. The molecule has 0 radical (unpaired) electrons. The third-order valence-corrected chi connectivity index (χ3v) is 5.46. The summed E-state index contributed by atoms with van der Waals surface area (Å²) in [5, 5.41) is 0.920. The second-order valence-corrected chi connectivity index (χ2v) is 7.27. The van der Waals surface area contributed by atoms with Gasteiger partial charge in [-0.3, -0.25) is 8.75 Å². The minimum Gasteiger partial charge on any atom is -0.303 e. The molecule has 0 saturated carbocycles. The van der Waals surface area contributed by atoms with E-state index in [4.69, 9.17) is 0 Å². The molecule has 1 aromatic carbocycles. The van der Waals surface area contributed by atoms with E-state index in [1.165, 1.54) is 37.9 Å². The molecule has 1 saturated heterocycles. The maximum atomic E-state index is 12.5. The Kier molecular flexibility index (Phi) is 4.45. The van der Waals surface area contributed by atoms with Gasteiger partial charge in [-0.15, -0.1) is 0 Å². The number of aromatic nitrogens is 1. The van der Waals surface area contributed by atoms with Gasteiger partial charge in [-0.2, -0.15) is 0 Å². The predicted molar refractivity (Wildman–Crippen MR) is 90.5 cm³/mol. The summed E-state index contributed by atoms with van der Waals surface area (Å²) >= 11 is 1.62. The number of hydrogen-bond donors (Lipinski definition) is 0. The molecular formula is C17H24N2OS. The summed E-state index contributed by atoms with van der Waals surface area (Å²) in [6.45, 7) is 8.59. The summed E-state index contributed by atoms with van der Waals surface area (Å²) < 4.78 is 3.08. The fourth-order valence-electron chi connectivity index (χ4n) is 3.33. The first-order valence-electron chi connectivity index (χ1n) is 7.98. The van der Waals surface area contributed by atoms with E-state index >= 15 is 0 Å². The van der Waals surface area contributed by atoms with Gasteiger partial charge in [-0.05, 0) is 69.9 Å². The highest BCUT2D eigenvalue weighted by Crippen LogP contribution is 2.22. The van der Waals surface area contributed by atoms with Gasteiger partial charge in [0.05, 0.1) is 10.1 Å². The van der Waals surface area contributed by atoms with Crippen molar-refractivity contribution < 1.29 is 0 Å². The summed E-state index contributed by atoms with van der Waals surface area (Å²) in [7, 11) is 0. The van der Waals surface area contributed by atoms with Crippen LogP contribution in [-0.2, 0) is 6.54 Å². The third kappa shape index (κ3) is 3.22. The SMILES string of the molecule is Cc1cc(C)c2c(=O)n(CCCN3CCCCC3)sc2c1. The van der Waals surface area contributed by atoms with Crippen LogP contribution in [0.3, 0.4) is 0 Å². The molecule has 21 heavy (non-hydrogen) atoms. The molecule has 0 bridgehead atoms. The van der Waals surface area contributed by atoms with E-state index < -0.39 is 0 Å². The van der Waals surface area contributed by atoms with E-state index in [-0.39, 0.29) is 5.56 Å². The van der Waals surface area contributed by atoms with Crippen molar-refractivity contribution in [3.8, 4) is 0 Å². The lowest BCUT2D eigenvalue weighted by Crippen LogP contribution is -2.31. The lowest BCUT2D eigenvalue weighted by atomic mass is 10.1. The van der Waals surface area contributed by atoms with E-state index in [1.807, 2.05) is 10.9 Å². The monoisotopic (exact) mass is 304 g/mol. The van der Waals surface area contributed by atoms with Crippen molar-refractivity contribution >= 4 is 21.6 Å². The molecule has 3 rings (SSSR count). The standard InChI is InChI=1S/C17H24N2OS/c1-13-11-14(2)16-15(12-13)21-19(17(16)20)10-6-9-18-7-4-3-5-8-18/h11-12H,3-10H2,1-2H3. The van der Waals surface area contributed by atoms with Crippen molar-refractivity contribution in [2.24, 2.45) is 0 Å². The molecule has 0 unspecified atom stereocenters. The summed E-state index contributed by atoms with van der Waals surface area (Å²) in [6, 6.07) is 4.24. The third-order valence-electron chi connectivity index (χ3n) is 4.38. The number of aryl methyl sites for hydroxylation is 3. The lowest BCUT2D eigenvalue weighted by Gasteiger charge is -2.26. The van der Waals surface area contributed by atoms with Crippen LogP contribution in [0.2, 0.25) is 0 Å². The van der Waals surface area contributed by atoms with Gasteiger partial charge in [0.15, 0.2) is 0 Å². The second-order valence-electron chi connectivity index (χ2n) is 6.21. The summed E-state index contributed by atoms with van der Waals surface area (Å²) in [4.78, 5) is 15.0. The van der Waals surface area contributed by atoms with Crippen LogP contribution in [0.5, 0.6) is 0 Å². The van der Waals surface area contributed by atoms with Crippen LogP contribution in [0.25, 0.3) is 10.1 Å². The van der Waals surface area contributed by atoms with E-state index in [0.717, 1.165) is 35.2 Å². The normalized spacial score (nSPS) is 16.7. The Morgan fingerprint density at radius 3 is 2.62 bits per heavy atom. The molecule has 0 N–H and O–H groups in total. The zero-order valence-corrected chi connectivity index (χ0v) is 13.8. The van der Waals surface area contributed by atoms with Crippen molar-refractivity contribution in [2.75, 3.05) is 19.6 Å². The van der Waals surface area contributed by atoms with Gasteiger partial charge < -0.3 is 4.90 Å². The highest BCUT2D eigenvalue weighted by atomic mass is 32.1. The highest BCUT2D eigenvalue weighted by Gasteiger charge is 2.12. The van der Waals surface area contributed by atoms with Crippen LogP contribution >= 0.6 is 11.5 Å². The van der Waals surface area contributed by atoms with Gasteiger partial charge in [0, 0.05) is 6.54 Å². The van der Waals surface area contributed by atoms with Crippen LogP contribution in [-0.4, -0.2) is 28.5 Å². The molecule has 0 aliphatic carbocycles. The largest absolute Gasteiger partial charge is 0.303 e. The van der Waals surface area contributed by atoms with Crippen LogP contribution in [0.1, 0.15) is 36.8 Å². The molecule has 1 aromatic heterocycles. The Balaban J connectivity index is 1.71. The fourth-order valence-corrected chi connectivity index (χ4v) is 4.54. The van der Waals surface area contributed by atoms with Crippen molar-refractivity contribution in [3.05, 3.63) is 33.6 Å². The molecule has 0 spiro atoms. The summed E-state index contributed by atoms with van der Waals surface area (Å²) in [5.74, 6) is 0. The van der Waals surface area contributed by atoms with Gasteiger partial charge in [0.1, 0.15) is 0 Å². The molecule has 2 aromatic rings. The number of benzene rings is 1. The molecule has 2 heterocycles. The Labute approximate surface area is 130 Å². The van der Waals surface area contributed by atoms with Gasteiger partial charge >= 0.3 is 0 Å². The maximum Gasteiger partial charge on any atom is 0.268 e. The van der Waals surface area contributed by atoms with E-state index in [9.17, 15) is 4.79 Å². The number of fused-ring (bicyclic) bond motifs is 1. The van der Waals surface area contributed by atoms with Crippen molar-refractivity contribution in [1.82, 2.24) is 8.86 Å². The van der Waals surface area contributed by atoms with Crippen molar-refractivity contribution in [3.63, 3.8) is 0 Å². The van der Waals surface area contributed by atoms with Gasteiger partial charge in [-0.25, -0.2) is 0 Å². The predicted octanol–water partition coefficient (Wildman–Crippen LogP) is 3.56. The second kappa shape index (κ2) is 6.32. The molecule has 1 aliphatic rings. The zero-order chi connectivity index (χ0) is 14.8. The Hall–Kier alpha value is -1.13. The average Bonchev–Trinajstić information content (AvgIpc) is 2.76. The van der Waals surface area contributed by atoms with Crippen LogP contribution in [0.15, 0.2) is 16.9 Å². The first-order valence-corrected chi connectivity index (χ1v) is 8.76. The Morgan fingerprint density at radius 1 is 1.10 bits per heavy atom. The van der Waals surface area contributed by atoms with Gasteiger partial charge in [0.2, 0.25) is 0 Å². The Morgan fingerprint density at radius 2 is 1.86 bits per heavy atom. The average molecular weight is 304 g/mol. The number of piperidine rings is 1. The lowest BCUT2D eigenvalue weighted by molar-refractivity contribution is 0.223.